The highest BCUT2D eigenvalue weighted by molar-refractivity contribution is 5.77. The number of hydrogen-bond donors (Lipinski definition) is 1. The molecule has 0 aliphatic rings. The maximum Gasteiger partial charge on any atom is 0.323 e. The van der Waals surface area contributed by atoms with E-state index in [1.165, 1.54) is 5.56 Å². The molecule has 0 aliphatic heterocycles. The van der Waals surface area contributed by atoms with E-state index >= 15 is 0 Å². The van der Waals surface area contributed by atoms with E-state index in [0.29, 0.717) is 0 Å². The molecule has 1 rings (SSSR count). The molecule has 1 unspecified atom stereocenters. The molecule has 3 nitrogen and oxygen atoms in total. The molecule has 0 spiro atoms. The average Bonchev–Trinajstić information content (AvgIpc) is 2.35. The molecule has 0 heterocycles. The summed E-state index contributed by atoms with van der Waals surface area (Å²) in [5.74, 6) is -0.807. The Hall–Kier alpha value is -1.35. The lowest BCUT2D eigenvalue weighted by atomic mass is 9.86. The normalized spacial score (nSPS) is 14.4. The van der Waals surface area contributed by atoms with Crippen LogP contribution in [0.3, 0.4) is 0 Å². The van der Waals surface area contributed by atoms with Gasteiger partial charge in [-0.3, -0.25) is 9.69 Å². The van der Waals surface area contributed by atoms with E-state index in [2.05, 4.69) is 45.0 Å². The van der Waals surface area contributed by atoms with Crippen LogP contribution in [0.2, 0.25) is 0 Å². The van der Waals surface area contributed by atoms with Gasteiger partial charge in [-0.2, -0.15) is 0 Å². The van der Waals surface area contributed by atoms with Crippen LogP contribution in [0.4, 0.5) is 0 Å². The molecule has 0 saturated carbocycles. The molecule has 20 heavy (non-hydrogen) atoms. The number of carboxylic acids is 1. The molecule has 3 heteroatoms. The van der Waals surface area contributed by atoms with Crippen molar-refractivity contribution >= 4 is 5.97 Å². The summed E-state index contributed by atoms with van der Waals surface area (Å²) >= 11 is 0. The first kappa shape index (κ1) is 16.7. The molecular weight excluding hydrogens is 250 g/mol. The third-order valence-corrected chi connectivity index (χ3v) is 4.25. The molecule has 1 aromatic rings. The van der Waals surface area contributed by atoms with Crippen molar-refractivity contribution in [1.29, 1.82) is 0 Å². The van der Waals surface area contributed by atoms with E-state index in [4.69, 9.17) is 0 Å². The Kier molecular flexibility index (Phi) is 4.65. The van der Waals surface area contributed by atoms with Crippen molar-refractivity contribution in [3.05, 3.63) is 35.4 Å². The van der Waals surface area contributed by atoms with Crippen LogP contribution >= 0.6 is 0 Å². The summed E-state index contributed by atoms with van der Waals surface area (Å²) in [4.78, 5) is 13.2. The van der Waals surface area contributed by atoms with Gasteiger partial charge in [0.2, 0.25) is 0 Å². The van der Waals surface area contributed by atoms with Crippen molar-refractivity contribution in [1.82, 2.24) is 4.90 Å². The maximum absolute atomic E-state index is 11.3. The number of hydrogen-bond acceptors (Lipinski definition) is 2. The third-order valence-electron chi connectivity index (χ3n) is 4.25. The Bertz CT molecular complexity index is 469. The third kappa shape index (κ3) is 3.40. The molecule has 0 bridgehead atoms. The number of likely N-dealkylation sites (N-methyl/N-ethyl adjacent to an activating group) is 1. The summed E-state index contributed by atoms with van der Waals surface area (Å²) < 4.78 is 0. The molecule has 0 saturated heterocycles. The van der Waals surface area contributed by atoms with Crippen LogP contribution in [-0.2, 0) is 10.2 Å². The zero-order chi connectivity index (χ0) is 15.7. The Balaban J connectivity index is 2.99. The molecule has 0 radical (unpaired) electrons. The Morgan fingerprint density at radius 2 is 1.55 bits per heavy atom. The van der Waals surface area contributed by atoms with Gasteiger partial charge < -0.3 is 5.11 Å². The van der Waals surface area contributed by atoms with Crippen LogP contribution in [0, 0.1) is 0 Å². The minimum Gasteiger partial charge on any atom is -0.480 e. The van der Waals surface area contributed by atoms with Crippen LogP contribution in [0.1, 0.15) is 58.7 Å². The van der Waals surface area contributed by atoms with E-state index in [1.54, 1.807) is 13.8 Å². The first-order valence-electron chi connectivity index (χ1n) is 7.04. The maximum atomic E-state index is 11.3. The summed E-state index contributed by atoms with van der Waals surface area (Å²) in [5.41, 5.74) is 1.67. The lowest BCUT2D eigenvalue weighted by Crippen LogP contribution is -2.48. The Morgan fingerprint density at radius 1 is 1.10 bits per heavy atom. The van der Waals surface area contributed by atoms with Crippen LogP contribution in [0.25, 0.3) is 0 Å². The second kappa shape index (κ2) is 5.57. The van der Waals surface area contributed by atoms with Crippen LogP contribution in [0.15, 0.2) is 24.3 Å². The van der Waals surface area contributed by atoms with Crippen LogP contribution < -0.4 is 0 Å². The molecule has 1 aromatic carbocycles. The number of carboxylic acid groups (broad SMARTS) is 1. The number of aliphatic carboxylic acids is 1. The van der Waals surface area contributed by atoms with Crippen molar-refractivity contribution in [2.45, 2.75) is 58.5 Å². The molecule has 0 aliphatic carbocycles. The molecule has 0 fully saturated rings. The van der Waals surface area contributed by atoms with Gasteiger partial charge in [0, 0.05) is 6.04 Å². The predicted octanol–water partition coefficient (Wildman–Crippen LogP) is 3.84. The van der Waals surface area contributed by atoms with Crippen LogP contribution in [0.5, 0.6) is 0 Å². The van der Waals surface area contributed by atoms with Crippen molar-refractivity contribution in [2.24, 2.45) is 0 Å². The average molecular weight is 277 g/mol. The smallest absolute Gasteiger partial charge is 0.323 e. The fourth-order valence-electron chi connectivity index (χ4n) is 2.12. The van der Waals surface area contributed by atoms with Gasteiger partial charge in [0.25, 0.3) is 0 Å². The van der Waals surface area contributed by atoms with Crippen LogP contribution in [-0.4, -0.2) is 28.6 Å². The molecule has 0 aromatic heterocycles. The van der Waals surface area contributed by atoms with Gasteiger partial charge in [0.15, 0.2) is 0 Å². The number of carbonyl (C=O) groups is 1. The van der Waals surface area contributed by atoms with E-state index in [0.717, 1.165) is 5.56 Å². The summed E-state index contributed by atoms with van der Waals surface area (Å²) in [5, 5.41) is 9.32. The molecular formula is C17H27NO2. The van der Waals surface area contributed by atoms with Gasteiger partial charge in [-0.1, -0.05) is 45.0 Å². The molecule has 112 valence electrons. The van der Waals surface area contributed by atoms with Crippen molar-refractivity contribution in [3.8, 4) is 0 Å². The van der Waals surface area contributed by atoms with E-state index in [1.807, 2.05) is 18.9 Å². The first-order chi connectivity index (χ1) is 8.98. The van der Waals surface area contributed by atoms with Crippen molar-refractivity contribution in [2.75, 3.05) is 7.05 Å². The highest BCUT2D eigenvalue weighted by atomic mass is 16.4. The zero-order valence-corrected chi connectivity index (χ0v) is 13.7. The second-order valence-electron chi connectivity index (χ2n) is 7.02. The predicted molar refractivity (Wildman–Crippen MR) is 83.0 cm³/mol. The lowest BCUT2D eigenvalue weighted by molar-refractivity contribution is -0.149. The van der Waals surface area contributed by atoms with Gasteiger partial charge in [0.05, 0.1) is 0 Å². The fourth-order valence-corrected chi connectivity index (χ4v) is 2.12. The van der Waals surface area contributed by atoms with Crippen molar-refractivity contribution in [3.63, 3.8) is 0 Å². The van der Waals surface area contributed by atoms with Crippen molar-refractivity contribution < 1.29 is 9.90 Å². The summed E-state index contributed by atoms with van der Waals surface area (Å²) in [7, 11) is 1.86. The highest BCUT2D eigenvalue weighted by Crippen LogP contribution is 2.29. The van der Waals surface area contributed by atoms with Gasteiger partial charge >= 0.3 is 5.97 Å². The summed E-state index contributed by atoms with van der Waals surface area (Å²) in [6, 6.07) is 8.51. The molecule has 1 N–H and O–H groups in total. The number of rotatable bonds is 4. The molecule has 0 amide bonds. The highest BCUT2D eigenvalue weighted by Gasteiger charge is 2.35. The molecule has 1 atom stereocenters. The van der Waals surface area contributed by atoms with E-state index in [-0.39, 0.29) is 11.5 Å². The largest absolute Gasteiger partial charge is 0.480 e. The summed E-state index contributed by atoms with van der Waals surface area (Å²) in [6.07, 6.45) is 0. The first-order valence-corrected chi connectivity index (χ1v) is 7.04. The minimum absolute atomic E-state index is 0.0510. The topological polar surface area (TPSA) is 40.5 Å². The zero-order valence-electron chi connectivity index (χ0n) is 13.7. The standard InChI is InChI=1S/C17H27NO2/c1-12(18(7)17(5,6)15(19)20)13-8-10-14(11-9-13)16(2,3)4/h8-12H,1-7H3,(H,19,20). The monoisotopic (exact) mass is 277 g/mol. The summed E-state index contributed by atoms with van der Waals surface area (Å²) in [6.45, 7) is 12.1. The van der Waals surface area contributed by atoms with E-state index in [9.17, 15) is 9.90 Å². The SMILES string of the molecule is CC(c1ccc(C(C)(C)C)cc1)N(C)C(C)(C)C(=O)O. The van der Waals surface area contributed by atoms with Gasteiger partial charge in [-0.05, 0) is 44.4 Å². The number of benzene rings is 1. The van der Waals surface area contributed by atoms with Gasteiger partial charge in [-0.25, -0.2) is 0 Å². The lowest BCUT2D eigenvalue weighted by Gasteiger charge is -2.36. The Labute approximate surface area is 122 Å². The van der Waals surface area contributed by atoms with Gasteiger partial charge in [0.1, 0.15) is 5.54 Å². The minimum atomic E-state index is -0.887. The second-order valence-corrected chi connectivity index (χ2v) is 7.02. The fraction of sp³-hybridized carbons (Fsp3) is 0.588. The number of nitrogens with zero attached hydrogens (tertiary/aromatic N) is 1. The van der Waals surface area contributed by atoms with E-state index < -0.39 is 11.5 Å². The quantitative estimate of drug-likeness (QED) is 0.909. The Morgan fingerprint density at radius 3 is 1.90 bits per heavy atom. The van der Waals surface area contributed by atoms with Gasteiger partial charge in [-0.15, -0.1) is 0 Å².